The summed E-state index contributed by atoms with van der Waals surface area (Å²) in [7, 11) is 0. The maximum Gasteiger partial charge on any atom is 0.312 e. The van der Waals surface area contributed by atoms with E-state index in [1.54, 1.807) is 54.9 Å². The molecule has 2 aromatic heterocycles. The van der Waals surface area contributed by atoms with Crippen LogP contribution in [-0.2, 0) is 11.3 Å². The van der Waals surface area contributed by atoms with Gasteiger partial charge in [0.1, 0.15) is 11.4 Å². The minimum absolute atomic E-state index is 0.0208. The summed E-state index contributed by atoms with van der Waals surface area (Å²) in [5.41, 5.74) is 4.48. The molecule has 0 aliphatic carbocycles. The van der Waals surface area contributed by atoms with Gasteiger partial charge in [0.15, 0.2) is 5.13 Å². The Morgan fingerprint density at radius 2 is 1.74 bits per heavy atom. The molecule has 2 N–H and O–H groups in total. The second kappa shape index (κ2) is 9.85. The first-order valence-electron chi connectivity index (χ1n) is 10.6. The van der Waals surface area contributed by atoms with Crippen molar-refractivity contribution >= 4 is 39.7 Å². The number of aromatic nitrogens is 3. The highest BCUT2D eigenvalue weighted by atomic mass is 32.1. The van der Waals surface area contributed by atoms with Crippen molar-refractivity contribution in [2.45, 2.75) is 27.3 Å². The Morgan fingerprint density at radius 3 is 2.34 bits per heavy atom. The zero-order chi connectivity index (χ0) is 25.1. The fourth-order valence-electron chi connectivity index (χ4n) is 3.60. The molecule has 35 heavy (non-hydrogen) atoms. The maximum atomic E-state index is 12.7. The fourth-order valence-corrected chi connectivity index (χ4v) is 4.32. The van der Waals surface area contributed by atoms with Gasteiger partial charge in [-0.05, 0) is 43.7 Å². The van der Waals surface area contributed by atoms with Gasteiger partial charge in [-0.15, -0.1) is 11.3 Å². The maximum absolute atomic E-state index is 12.7. The van der Waals surface area contributed by atoms with Gasteiger partial charge in [-0.3, -0.25) is 29.7 Å². The van der Waals surface area contributed by atoms with Crippen LogP contribution < -0.4 is 10.6 Å². The number of nitrogens with one attached hydrogen (secondary N) is 2. The summed E-state index contributed by atoms with van der Waals surface area (Å²) >= 11 is 1.32. The summed E-state index contributed by atoms with van der Waals surface area (Å²) in [5, 5.41) is 23.3. The van der Waals surface area contributed by atoms with Crippen molar-refractivity contribution in [1.82, 2.24) is 14.8 Å². The zero-order valence-electron chi connectivity index (χ0n) is 19.2. The summed E-state index contributed by atoms with van der Waals surface area (Å²) in [6, 6.07) is 14.3. The predicted molar refractivity (Wildman–Crippen MR) is 134 cm³/mol. The van der Waals surface area contributed by atoms with Crippen LogP contribution in [0.25, 0.3) is 11.3 Å². The summed E-state index contributed by atoms with van der Waals surface area (Å²) in [6.45, 7) is 5.09. The molecule has 0 spiro atoms. The minimum atomic E-state index is -0.424. The van der Waals surface area contributed by atoms with E-state index >= 15 is 0 Å². The minimum Gasteiger partial charge on any atom is -0.326 e. The summed E-state index contributed by atoms with van der Waals surface area (Å²) in [6.07, 6.45) is 0. The van der Waals surface area contributed by atoms with E-state index in [1.165, 1.54) is 18.3 Å². The SMILES string of the molecule is CC(=O)Nc1ccc(-c2csc(NC(=O)c3ccc(Cn4nc(C)c([N+](=O)[O-])c4C)cc3)n2)cc1. The molecule has 2 heterocycles. The Hall–Kier alpha value is -4.38. The van der Waals surface area contributed by atoms with Crippen molar-refractivity contribution in [1.29, 1.82) is 0 Å². The first-order valence-corrected chi connectivity index (χ1v) is 11.5. The molecular formula is C24H22N6O4S. The number of aryl methyl sites for hydroxylation is 1. The predicted octanol–water partition coefficient (Wildman–Crippen LogP) is 4.79. The molecule has 4 aromatic rings. The summed E-state index contributed by atoms with van der Waals surface area (Å²) in [4.78, 5) is 39.1. The monoisotopic (exact) mass is 490 g/mol. The van der Waals surface area contributed by atoms with E-state index in [9.17, 15) is 19.7 Å². The van der Waals surface area contributed by atoms with E-state index < -0.39 is 4.92 Å². The highest BCUT2D eigenvalue weighted by molar-refractivity contribution is 7.14. The molecule has 0 unspecified atom stereocenters. The number of anilines is 2. The van der Waals surface area contributed by atoms with Crippen LogP contribution in [-0.4, -0.2) is 31.5 Å². The topological polar surface area (TPSA) is 132 Å². The van der Waals surface area contributed by atoms with E-state index in [4.69, 9.17) is 0 Å². The smallest absolute Gasteiger partial charge is 0.312 e. The molecule has 0 radical (unpaired) electrons. The van der Waals surface area contributed by atoms with Crippen LogP contribution in [0.2, 0.25) is 0 Å². The number of benzene rings is 2. The van der Waals surface area contributed by atoms with Crippen molar-refractivity contribution in [3.63, 3.8) is 0 Å². The number of nitro groups is 1. The number of amides is 2. The van der Waals surface area contributed by atoms with E-state index in [-0.39, 0.29) is 17.5 Å². The number of thiazole rings is 1. The number of hydrogen-bond acceptors (Lipinski definition) is 7. The number of carbonyl (C=O) groups excluding carboxylic acids is 2. The highest BCUT2D eigenvalue weighted by Gasteiger charge is 2.21. The molecule has 0 saturated carbocycles. The molecule has 178 valence electrons. The first-order chi connectivity index (χ1) is 16.7. The molecule has 0 fully saturated rings. The van der Waals surface area contributed by atoms with Crippen molar-refractivity contribution in [3.8, 4) is 11.3 Å². The molecule has 0 bridgehead atoms. The molecule has 0 saturated heterocycles. The van der Waals surface area contributed by atoms with Gasteiger partial charge >= 0.3 is 5.69 Å². The van der Waals surface area contributed by atoms with Crippen molar-refractivity contribution in [3.05, 3.63) is 86.5 Å². The van der Waals surface area contributed by atoms with E-state index in [1.807, 2.05) is 17.5 Å². The highest BCUT2D eigenvalue weighted by Crippen LogP contribution is 2.27. The molecule has 0 aliphatic rings. The largest absolute Gasteiger partial charge is 0.326 e. The lowest BCUT2D eigenvalue weighted by atomic mass is 10.1. The zero-order valence-corrected chi connectivity index (χ0v) is 20.0. The average Bonchev–Trinajstić information content (AvgIpc) is 3.38. The summed E-state index contributed by atoms with van der Waals surface area (Å²) < 4.78 is 1.59. The van der Waals surface area contributed by atoms with Crippen LogP contribution in [0.4, 0.5) is 16.5 Å². The lowest BCUT2D eigenvalue weighted by Gasteiger charge is -2.06. The second-order valence-electron chi connectivity index (χ2n) is 7.88. The van der Waals surface area contributed by atoms with Gasteiger partial charge in [-0.2, -0.15) is 5.10 Å². The van der Waals surface area contributed by atoms with E-state index in [0.29, 0.717) is 40.0 Å². The standard InChI is InChI=1S/C24H22N6O4S/c1-14-22(30(33)34)15(2)29(28-14)12-17-4-6-19(7-5-17)23(32)27-24-26-21(13-35-24)18-8-10-20(11-9-18)25-16(3)31/h4-11,13H,12H2,1-3H3,(H,25,31)(H,26,27,32). The lowest BCUT2D eigenvalue weighted by molar-refractivity contribution is -0.386. The van der Waals surface area contributed by atoms with Crippen molar-refractivity contribution in [2.24, 2.45) is 0 Å². The third kappa shape index (κ3) is 5.41. The van der Waals surface area contributed by atoms with Crippen LogP contribution in [0.1, 0.15) is 34.2 Å². The molecule has 11 heteroatoms. The molecule has 2 amide bonds. The third-order valence-electron chi connectivity index (χ3n) is 5.30. The van der Waals surface area contributed by atoms with E-state index in [0.717, 1.165) is 11.1 Å². The molecule has 0 atom stereocenters. The van der Waals surface area contributed by atoms with Gasteiger partial charge < -0.3 is 5.32 Å². The first kappa shape index (κ1) is 23.8. The number of rotatable bonds is 7. The Kier molecular flexibility index (Phi) is 6.69. The normalized spacial score (nSPS) is 10.7. The van der Waals surface area contributed by atoms with Gasteiger partial charge in [0.25, 0.3) is 5.91 Å². The van der Waals surface area contributed by atoms with Gasteiger partial charge in [-0.1, -0.05) is 24.3 Å². The second-order valence-corrected chi connectivity index (χ2v) is 8.74. The fraction of sp³-hybridized carbons (Fsp3) is 0.167. The van der Waals surface area contributed by atoms with Crippen LogP contribution in [0.3, 0.4) is 0 Å². The number of carbonyl (C=O) groups is 2. The molecule has 2 aromatic carbocycles. The Bertz CT molecular complexity index is 1410. The Morgan fingerprint density at radius 1 is 1.06 bits per heavy atom. The quantitative estimate of drug-likeness (QED) is 0.283. The van der Waals surface area contributed by atoms with Crippen molar-refractivity contribution in [2.75, 3.05) is 10.6 Å². The van der Waals surface area contributed by atoms with E-state index in [2.05, 4.69) is 20.7 Å². The van der Waals surface area contributed by atoms with Gasteiger partial charge in [-0.25, -0.2) is 4.98 Å². The van der Waals surface area contributed by atoms with Gasteiger partial charge in [0.2, 0.25) is 5.91 Å². The molecule has 4 rings (SSSR count). The van der Waals surface area contributed by atoms with Crippen LogP contribution in [0.5, 0.6) is 0 Å². The molecule has 10 nitrogen and oxygen atoms in total. The van der Waals surface area contributed by atoms with Gasteiger partial charge in [0, 0.05) is 29.1 Å². The lowest BCUT2D eigenvalue weighted by Crippen LogP contribution is -2.12. The van der Waals surface area contributed by atoms with Crippen LogP contribution in [0, 0.1) is 24.0 Å². The van der Waals surface area contributed by atoms with Crippen molar-refractivity contribution < 1.29 is 14.5 Å². The number of nitrogens with zero attached hydrogens (tertiary/aromatic N) is 4. The third-order valence-corrected chi connectivity index (χ3v) is 6.06. The average molecular weight is 491 g/mol. The molecule has 0 aliphatic heterocycles. The van der Waals surface area contributed by atoms with Crippen LogP contribution >= 0.6 is 11.3 Å². The Labute approximate surface area is 204 Å². The van der Waals surface area contributed by atoms with Gasteiger partial charge in [0.05, 0.1) is 17.2 Å². The molecular weight excluding hydrogens is 468 g/mol. The summed E-state index contributed by atoms with van der Waals surface area (Å²) in [5.74, 6) is -0.430. The number of hydrogen-bond donors (Lipinski definition) is 2. The van der Waals surface area contributed by atoms with Crippen LogP contribution in [0.15, 0.2) is 53.9 Å². The Balaban J connectivity index is 1.40.